The fourth-order valence-corrected chi connectivity index (χ4v) is 3.99. The van der Waals surface area contributed by atoms with Crippen LogP contribution >= 0.6 is 0 Å². The van der Waals surface area contributed by atoms with Gasteiger partial charge < -0.3 is 9.47 Å². The minimum atomic E-state index is -1.33. The first-order valence-corrected chi connectivity index (χ1v) is 15.4. The molecule has 0 aromatic carbocycles. The summed E-state index contributed by atoms with van der Waals surface area (Å²) >= 11 is 0. The Morgan fingerprint density at radius 1 is 0.568 bits per heavy atom. The molecule has 4 atom stereocenters. The van der Waals surface area contributed by atoms with Crippen molar-refractivity contribution in [2.45, 2.75) is 169 Å². The molecule has 12 heteroatoms. The molecule has 0 aliphatic heterocycles. The first-order chi connectivity index (χ1) is 19.8. The highest BCUT2D eigenvalue weighted by molar-refractivity contribution is 5.70. The molecule has 0 spiro atoms. The molecule has 0 rings (SSSR count). The van der Waals surface area contributed by atoms with Crippen LogP contribution < -0.4 is 0 Å². The number of carbonyl (C=O) groups excluding carboxylic acids is 2. The summed E-state index contributed by atoms with van der Waals surface area (Å²) in [5.74, 6) is -0.910. The van der Waals surface area contributed by atoms with Crippen molar-refractivity contribution in [2.24, 2.45) is 42.5 Å². The Kier molecular flexibility index (Phi) is 14.9. The maximum atomic E-state index is 13.0. The second-order valence-corrected chi connectivity index (χ2v) is 15.2. The SMILES string of the molecule is CC(C)CC(C)(/N=N/C(C)(CC(C)C)OC(=O)CCC(C)(C#N)/N=N/C(C)(C)C)OC(=O)CCC(C)(C#N)/N=N/C(C)(C)C. The Balaban J connectivity index is 5.88. The van der Waals surface area contributed by atoms with E-state index >= 15 is 0 Å². The van der Waals surface area contributed by atoms with Crippen LogP contribution in [0.1, 0.15) is 135 Å². The van der Waals surface area contributed by atoms with E-state index in [4.69, 9.17) is 9.47 Å². The molecule has 0 aliphatic rings. The number of hydrogen-bond donors (Lipinski definition) is 0. The second kappa shape index (κ2) is 16.2. The monoisotopic (exact) mass is 616 g/mol. The number of azo groups is 3. The van der Waals surface area contributed by atoms with Crippen molar-refractivity contribution in [3.8, 4) is 12.1 Å². The molecule has 0 amide bonds. The molecule has 0 radical (unpaired) electrons. The normalized spacial score (nSPS) is 18.4. The second-order valence-electron chi connectivity index (χ2n) is 15.2. The summed E-state index contributed by atoms with van der Waals surface area (Å²) in [5.41, 5.74) is -5.93. The predicted molar refractivity (Wildman–Crippen MR) is 168 cm³/mol. The van der Waals surface area contributed by atoms with Crippen LogP contribution in [0.3, 0.4) is 0 Å². The van der Waals surface area contributed by atoms with E-state index in [0.717, 1.165) is 0 Å². The number of esters is 2. The molecule has 0 fully saturated rings. The van der Waals surface area contributed by atoms with Crippen molar-refractivity contribution in [2.75, 3.05) is 0 Å². The first kappa shape index (κ1) is 40.7. The van der Waals surface area contributed by atoms with Crippen molar-refractivity contribution in [1.82, 2.24) is 0 Å². The van der Waals surface area contributed by atoms with Gasteiger partial charge in [-0.15, -0.1) is 10.2 Å². The van der Waals surface area contributed by atoms with E-state index in [9.17, 15) is 20.1 Å². The van der Waals surface area contributed by atoms with Gasteiger partial charge in [-0.25, -0.2) is 0 Å². The van der Waals surface area contributed by atoms with Gasteiger partial charge in [-0.1, -0.05) is 27.7 Å². The highest BCUT2D eigenvalue weighted by Crippen LogP contribution is 2.31. The molecule has 44 heavy (non-hydrogen) atoms. The van der Waals surface area contributed by atoms with Gasteiger partial charge in [-0.05, 0) is 93.9 Å². The number of carbonyl (C=O) groups is 2. The molecule has 0 bridgehead atoms. The Morgan fingerprint density at radius 3 is 1.09 bits per heavy atom. The standard InChI is InChI=1S/C32H56N8O4/c1-23(2)19-31(13,43-25(41)15-17-29(11,21-33)37-35-27(5,6)7)39-40-32(14,20-24(3)4)44-26(42)16-18-30(12,22-34)38-36-28(8,9)10/h23-24H,15-20H2,1-14H3/b37-35+,38-36+,40-39+. The number of rotatable bonds is 16. The van der Waals surface area contributed by atoms with Crippen LogP contribution in [0.15, 0.2) is 30.7 Å². The quantitative estimate of drug-likeness (QED) is 0.124. The molecule has 0 saturated carbocycles. The summed E-state index contributed by atoms with van der Waals surface area (Å²) in [4.78, 5) is 25.9. The Hall–Kier alpha value is -3.28. The third-order valence-electron chi connectivity index (χ3n) is 5.97. The summed E-state index contributed by atoms with van der Waals surface area (Å²) in [7, 11) is 0. The van der Waals surface area contributed by atoms with Gasteiger partial charge in [-0.2, -0.15) is 31.0 Å². The topological polar surface area (TPSA) is 174 Å². The molecule has 0 aromatic rings. The van der Waals surface area contributed by atoms with Crippen molar-refractivity contribution >= 4 is 11.9 Å². The van der Waals surface area contributed by atoms with Crippen LogP contribution in [0.2, 0.25) is 0 Å². The summed E-state index contributed by atoms with van der Waals surface area (Å²) in [5, 5.41) is 45.0. The summed E-state index contributed by atoms with van der Waals surface area (Å²) < 4.78 is 11.6. The van der Waals surface area contributed by atoms with E-state index in [0.29, 0.717) is 12.8 Å². The van der Waals surface area contributed by atoms with Crippen molar-refractivity contribution in [3.63, 3.8) is 0 Å². The number of hydrogen-bond acceptors (Lipinski definition) is 12. The Morgan fingerprint density at radius 2 is 0.864 bits per heavy atom. The lowest BCUT2D eigenvalue weighted by molar-refractivity contribution is -0.165. The lowest BCUT2D eigenvalue weighted by Gasteiger charge is -2.30. The number of nitrogens with zero attached hydrogens (tertiary/aromatic N) is 8. The summed E-state index contributed by atoms with van der Waals surface area (Å²) in [6.45, 7) is 25.7. The fraction of sp³-hybridized carbons (Fsp3) is 0.875. The summed E-state index contributed by atoms with van der Waals surface area (Å²) in [6, 6.07) is 4.26. The van der Waals surface area contributed by atoms with Gasteiger partial charge in [0.15, 0.2) is 11.1 Å². The van der Waals surface area contributed by atoms with E-state index in [1.54, 1.807) is 27.7 Å². The van der Waals surface area contributed by atoms with E-state index in [2.05, 4.69) is 42.8 Å². The summed E-state index contributed by atoms with van der Waals surface area (Å²) in [6.07, 6.45) is 0.837. The maximum Gasteiger partial charge on any atom is 0.308 e. The van der Waals surface area contributed by atoms with Crippen molar-refractivity contribution < 1.29 is 19.1 Å². The third-order valence-corrected chi connectivity index (χ3v) is 5.97. The lowest BCUT2D eigenvalue weighted by Crippen LogP contribution is -2.35. The minimum Gasteiger partial charge on any atom is -0.436 e. The van der Waals surface area contributed by atoms with Crippen molar-refractivity contribution in [1.29, 1.82) is 10.5 Å². The number of nitriles is 2. The van der Waals surface area contributed by atoms with E-state index in [1.807, 2.05) is 69.2 Å². The molecule has 0 N–H and O–H groups in total. The maximum absolute atomic E-state index is 13.0. The molecular weight excluding hydrogens is 560 g/mol. The van der Waals surface area contributed by atoms with Gasteiger partial charge in [0.2, 0.25) is 11.4 Å². The average Bonchev–Trinajstić information content (AvgIpc) is 2.86. The molecule has 0 saturated heterocycles. The largest absolute Gasteiger partial charge is 0.436 e. The molecule has 0 aliphatic carbocycles. The highest BCUT2D eigenvalue weighted by Gasteiger charge is 2.36. The molecule has 0 heterocycles. The Bertz CT molecular complexity index is 1050. The van der Waals surface area contributed by atoms with Crippen LogP contribution in [0, 0.1) is 34.5 Å². The first-order valence-electron chi connectivity index (χ1n) is 15.4. The average molecular weight is 617 g/mol. The third kappa shape index (κ3) is 17.7. The molecule has 0 aromatic heterocycles. The zero-order valence-electron chi connectivity index (χ0n) is 29.6. The molecule has 248 valence electrons. The van der Waals surface area contributed by atoms with Crippen LogP contribution in [0.4, 0.5) is 0 Å². The van der Waals surface area contributed by atoms with Crippen LogP contribution in [0.25, 0.3) is 0 Å². The van der Waals surface area contributed by atoms with Gasteiger partial charge in [0.05, 0.1) is 23.2 Å². The van der Waals surface area contributed by atoms with E-state index in [-0.39, 0.29) is 37.5 Å². The minimum absolute atomic E-state index is 0.0705. The zero-order chi connectivity index (χ0) is 34.6. The lowest BCUT2D eigenvalue weighted by atomic mass is 9.98. The molecule has 12 nitrogen and oxygen atoms in total. The van der Waals surface area contributed by atoms with Gasteiger partial charge in [0, 0.05) is 25.7 Å². The highest BCUT2D eigenvalue weighted by atomic mass is 16.6. The van der Waals surface area contributed by atoms with Gasteiger partial charge in [0.25, 0.3) is 0 Å². The molecular formula is C32H56N8O4. The fourth-order valence-electron chi connectivity index (χ4n) is 3.99. The smallest absolute Gasteiger partial charge is 0.308 e. The van der Waals surface area contributed by atoms with Gasteiger partial charge >= 0.3 is 11.9 Å². The van der Waals surface area contributed by atoms with E-state index < -0.39 is 45.5 Å². The van der Waals surface area contributed by atoms with E-state index in [1.165, 1.54) is 0 Å². The van der Waals surface area contributed by atoms with Gasteiger partial charge in [0.1, 0.15) is 0 Å². The van der Waals surface area contributed by atoms with Crippen LogP contribution in [-0.4, -0.2) is 45.5 Å². The molecule has 4 unspecified atom stereocenters. The zero-order valence-corrected chi connectivity index (χ0v) is 29.6. The number of ether oxygens (including phenoxy) is 2. The van der Waals surface area contributed by atoms with Crippen molar-refractivity contribution in [3.05, 3.63) is 0 Å². The van der Waals surface area contributed by atoms with Crippen LogP contribution in [0.5, 0.6) is 0 Å². The Labute approximate surface area is 265 Å². The van der Waals surface area contributed by atoms with Crippen LogP contribution in [-0.2, 0) is 19.1 Å². The predicted octanol–water partition coefficient (Wildman–Crippen LogP) is 8.68. The van der Waals surface area contributed by atoms with Gasteiger partial charge in [-0.3, -0.25) is 9.59 Å².